The summed E-state index contributed by atoms with van der Waals surface area (Å²) in [4.78, 5) is 15.4. The number of carbonyl (C=O) groups excluding carboxylic acids is 1. The number of alkyl halides is 3. The fourth-order valence-electron chi connectivity index (χ4n) is 2.16. The molecule has 0 aliphatic carbocycles. The second kappa shape index (κ2) is 6.44. The molecule has 1 aromatic rings. The van der Waals surface area contributed by atoms with Crippen molar-refractivity contribution in [2.45, 2.75) is 12.7 Å². The first-order valence-electron chi connectivity index (χ1n) is 6.72. The summed E-state index contributed by atoms with van der Waals surface area (Å²) in [5.41, 5.74) is 1.17. The van der Waals surface area contributed by atoms with Crippen LogP contribution in [0.1, 0.15) is 5.56 Å². The van der Waals surface area contributed by atoms with Gasteiger partial charge in [0.1, 0.15) is 0 Å². The Morgan fingerprint density at radius 2 is 1.71 bits per heavy atom. The first-order valence-corrected chi connectivity index (χ1v) is 6.72. The highest BCUT2D eigenvalue weighted by molar-refractivity contribution is 5.94. The maximum Gasteiger partial charge on any atom is 0.471 e. The van der Waals surface area contributed by atoms with Crippen molar-refractivity contribution in [3.63, 3.8) is 0 Å². The fraction of sp³-hybridized carbons (Fsp3) is 0.500. The van der Waals surface area contributed by atoms with E-state index >= 15 is 0 Å². The average Bonchev–Trinajstić information content (AvgIpc) is 2.42. The summed E-state index contributed by atoms with van der Waals surface area (Å²) in [5, 5.41) is 1.83. The molecule has 0 atom stereocenters. The third-order valence-electron chi connectivity index (χ3n) is 3.47. The Hall–Kier alpha value is -1.60. The molecule has 0 aromatic heterocycles. The lowest BCUT2D eigenvalue weighted by Crippen LogP contribution is -2.43. The zero-order valence-electron chi connectivity index (χ0n) is 11.8. The quantitative estimate of drug-likeness (QED) is 0.927. The number of nitrogens with one attached hydrogen (secondary N) is 1. The molecule has 0 saturated carbocycles. The molecule has 1 heterocycles. The topological polar surface area (TPSA) is 35.6 Å². The predicted octanol–water partition coefficient (Wildman–Crippen LogP) is 1.93. The van der Waals surface area contributed by atoms with Gasteiger partial charge in [-0.05, 0) is 24.7 Å². The van der Waals surface area contributed by atoms with E-state index in [1.165, 1.54) is 12.1 Å². The molecule has 1 aromatic carbocycles. The van der Waals surface area contributed by atoms with E-state index in [4.69, 9.17) is 0 Å². The van der Waals surface area contributed by atoms with Crippen molar-refractivity contribution in [3.05, 3.63) is 29.8 Å². The lowest BCUT2D eigenvalue weighted by molar-refractivity contribution is -0.167. The first kappa shape index (κ1) is 15.8. The molecular formula is C14H18F3N3O. The Kier molecular flexibility index (Phi) is 4.84. The van der Waals surface area contributed by atoms with Gasteiger partial charge in [-0.1, -0.05) is 12.1 Å². The number of anilines is 1. The second-order valence-corrected chi connectivity index (χ2v) is 5.23. The van der Waals surface area contributed by atoms with Crippen LogP contribution >= 0.6 is 0 Å². The van der Waals surface area contributed by atoms with Gasteiger partial charge in [0.05, 0.1) is 0 Å². The van der Waals surface area contributed by atoms with Gasteiger partial charge in [0.25, 0.3) is 0 Å². The summed E-state index contributed by atoms with van der Waals surface area (Å²) in [6.07, 6.45) is -4.86. The van der Waals surface area contributed by atoms with Crippen LogP contribution in [0.5, 0.6) is 0 Å². The van der Waals surface area contributed by atoms with Crippen LogP contribution in [0.25, 0.3) is 0 Å². The molecule has 1 aliphatic rings. The Morgan fingerprint density at radius 3 is 2.24 bits per heavy atom. The van der Waals surface area contributed by atoms with Crippen LogP contribution < -0.4 is 5.32 Å². The van der Waals surface area contributed by atoms with E-state index in [0.29, 0.717) is 0 Å². The first-order chi connectivity index (χ1) is 9.84. The van der Waals surface area contributed by atoms with Gasteiger partial charge in [-0.3, -0.25) is 9.69 Å². The largest absolute Gasteiger partial charge is 0.471 e. The third-order valence-corrected chi connectivity index (χ3v) is 3.47. The van der Waals surface area contributed by atoms with Crippen LogP contribution in [0, 0.1) is 0 Å². The second-order valence-electron chi connectivity index (χ2n) is 5.23. The van der Waals surface area contributed by atoms with Crippen LogP contribution in [-0.4, -0.2) is 55.1 Å². The fourth-order valence-corrected chi connectivity index (χ4v) is 2.16. The third kappa shape index (κ3) is 4.71. The summed E-state index contributed by atoms with van der Waals surface area (Å²) in [6, 6.07) is 6.47. The van der Waals surface area contributed by atoms with Crippen LogP contribution in [0.15, 0.2) is 24.3 Å². The number of hydrogen-bond donors (Lipinski definition) is 1. The number of hydrogen-bond acceptors (Lipinski definition) is 3. The maximum absolute atomic E-state index is 12.1. The molecule has 1 aliphatic heterocycles. The number of benzene rings is 1. The van der Waals surface area contributed by atoms with Crippen molar-refractivity contribution >= 4 is 11.6 Å². The average molecular weight is 301 g/mol. The molecule has 21 heavy (non-hydrogen) atoms. The molecule has 0 bridgehead atoms. The van der Waals surface area contributed by atoms with Gasteiger partial charge < -0.3 is 10.2 Å². The van der Waals surface area contributed by atoms with Gasteiger partial charge in [-0.2, -0.15) is 13.2 Å². The van der Waals surface area contributed by atoms with Crippen LogP contribution in [0.3, 0.4) is 0 Å². The van der Waals surface area contributed by atoms with Crippen molar-refractivity contribution in [2.75, 3.05) is 38.5 Å². The summed E-state index contributed by atoms with van der Waals surface area (Å²) in [7, 11) is 2.08. The molecule has 116 valence electrons. The number of piperazine rings is 1. The number of rotatable bonds is 3. The van der Waals surface area contributed by atoms with Gasteiger partial charge >= 0.3 is 12.1 Å². The predicted molar refractivity (Wildman–Crippen MR) is 73.9 cm³/mol. The van der Waals surface area contributed by atoms with Gasteiger partial charge in [0.2, 0.25) is 0 Å². The molecular weight excluding hydrogens is 283 g/mol. The minimum Gasteiger partial charge on any atom is -0.318 e. The lowest BCUT2D eigenvalue weighted by Gasteiger charge is -2.32. The summed E-state index contributed by atoms with van der Waals surface area (Å²) < 4.78 is 36.4. The number of halogens is 3. The molecule has 0 spiro atoms. The van der Waals surface area contributed by atoms with Gasteiger partial charge in [0, 0.05) is 38.4 Å². The Balaban J connectivity index is 1.89. The van der Waals surface area contributed by atoms with Crippen LogP contribution in [0.4, 0.5) is 18.9 Å². The van der Waals surface area contributed by atoms with Crippen LogP contribution in [0.2, 0.25) is 0 Å². The van der Waals surface area contributed by atoms with Gasteiger partial charge in [-0.15, -0.1) is 0 Å². The Morgan fingerprint density at radius 1 is 1.14 bits per heavy atom. The zero-order valence-corrected chi connectivity index (χ0v) is 11.8. The Bertz CT molecular complexity index is 479. The monoisotopic (exact) mass is 301 g/mol. The molecule has 1 N–H and O–H groups in total. The van der Waals surface area contributed by atoms with Crippen LogP contribution in [-0.2, 0) is 11.3 Å². The minimum atomic E-state index is -4.86. The van der Waals surface area contributed by atoms with Gasteiger partial charge in [0.15, 0.2) is 0 Å². The molecule has 4 nitrogen and oxygen atoms in total. The maximum atomic E-state index is 12.1. The highest BCUT2D eigenvalue weighted by Gasteiger charge is 2.38. The summed E-state index contributed by atoms with van der Waals surface area (Å²) in [6.45, 7) is 4.74. The number of carbonyl (C=O) groups is 1. The van der Waals surface area contributed by atoms with Crippen molar-refractivity contribution in [1.82, 2.24) is 9.80 Å². The minimum absolute atomic E-state index is 0.152. The molecule has 7 heteroatoms. The van der Waals surface area contributed by atoms with E-state index in [-0.39, 0.29) is 5.69 Å². The SMILES string of the molecule is CN1CCN(Cc2ccc(NC(=O)C(F)(F)F)cc2)CC1. The molecule has 1 amide bonds. The summed E-state index contributed by atoms with van der Waals surface area (Å²) in [5.74, 6) is -1.95. The van der Waals surface area contributed by atoms with Crippen molar-refractivity contribution in [3.8, 4) is 0 Å². The van der Waals surface area contributed by atoms with E-state index in [0.717, 1.165) is 38.3 Å². The number of nitrogens with zero attached hydrogens (tertiary/aromatic N) is 2. The van der Waals surface area contributed by atoms with Gasteiger partial charge in [-0.25, -0.2) is 0 Å². The number of likely N-dealkylation sites (N-methyl/N-ethyl adjacent to an activating group) is 1. The molecule has 1 fully saturated rings. The molecule has 0 unspecified atom stereocenters. The standard InChI is InChI=1S/C14H18F3N3O/c1-19-6-8-20(9-7-19)10-11-2-4-12(5-3-11)18-13(21)14(15,16)17/h2-5H,6-10H2,1H3,(H,18,21). The normalized spacial score (nSPS) is 17.7. The lowest BCUT2D eigenvalue weighted by atomic mass is 10.2. The van der Waals surface area contributed by atoms with Crippen molar-refractivity contribution in [1.29, 1.82) is 0 Å². The van der Waals surface area contributed by atoms with Crippen molar-refractivity contribution < 1.29 is 18.0 Å². The Labute approximate surface area is 121 Å². The van der Waals surface area contributed by atoms with E-state index in [1.807, 2.05) is 5.32 Å². The summed E-state index contributed by atoms with van der Waals surface area (Å²) >= 11 is 0. The van der Waals surface area contributed by atoms with E-state index in [1.54, 1.807) is 12.1 Å². The smallest absolute Gasteiger partial charge is 0.318 e. The highest BCUT2D eigenvalue weighted by Crippen LogP contribution is 2.19. The highest BCUT2D eigenvalue weighted by atomic mass is 19.4. The molecule has 2 rings (SSSR count). The molecule has 0 radical (unpaired) electrons. The number of amides is 1. The van der Waals surface area contributed by atoms with E-state index in [9.17, 15) is 18.0 Å². The van der Waals surface area contributed by atoms with E-state index in [2.05, 4.69) is 16.8 Å². The zero-order chi connectivity index (χ0) is 15.5. The van der Waals surface area contributed by atoms with Crippen molar-refractivity contribution in [2.24, 2.45) is 0 Å². The van der Waals surface area contributed by atoms with E-state index < -0.39 is 12.1 Å². The molecule has 1 saturated heterocycles.